The Morgan fingerprint density at radius 2 is 1.58 bits per heavy atom. The van der Waals surface area contributed by atoms with Crippen LogP contribution in [0.1, 0.15) is 30.4 Å². The summed E-state index contributed by atoms with van der Waals surface area (Å²) in [5.41, 5.74) is 1.81. The smallest absolute Gasteiger partial charge is 0.244 e. The van der Waals surface area contributed by atoms with E-state index >= 15 is 0 Å². The first-order valence-corrected chi connectivity index (χ1v) is 12.6. The Bertz CT molecular complexity index is 1170. The van der Waals surface area contributed by atoms with E-state index in [0.29, 0.717) is 25.3 Å². The lowest BCUT2D eigenvalue weighted by Crippen LogP contribution is -2.48. The summed E-state index contributed by atoms with van der Waals surface area (Å²) in [6.45, 7) is 1.07. The minimum atomic E-state index is -3.88. The quantitative estimate of drug-likeness (QED) is 0.544. The van der Waals surface area contributed by atoms with Crippen LogP contribution in [0.5, 0.6) is 5.75 Å². The summed E-state index contributed by atoms with van der Waals surface area (Å²) in [5, 5.41) is 2.86. The Hall–Kier alpha value is -3.16. The van der Waals surface area contributed by atoms with Crippen LogP contribution in [0.4, 0.5) is 0 Å². The Labute approximate surface area is 195 Å². The van der Waals surface area contributed by atoms with Gasteiger partial charge in [-0.2, -0.15) is 4.31 Å². The van der Waals surface area contributed by atoms with Gasteiger partial charge in [-0.15, -0.1) is 0 Å². The van der Waals surface area contributed by atoms with Gasteiger partial charge in [0.05, 0.1) is 4.90 Å². The number of amides is 1. The van der Waals surface area contributed by atoms with Crippen LogP contribution < -0.4 is 10.1 Å². The van der Waals surface area contributed by atoms with Crippen molar-refractivity contribution < 1.29 is 17.9 Å². The Balaban J connectivity index is 1.60. The molecular weight excluding hydrogens is 436 g/mol. The molecule has 3 aromatic carbocycles. The van der Waals surface area contributed by atoms with E-state index in [1.165, 1.54) is 4.31 Å². The number of hydrogen-bond acceptors (Lipinski definition) is 4. The zero-order valence-corrected chi connectivity index (χ0v) is 19.2. The molecule has 33 heavy (non-hydrogen) atoms. The van der Waals surface area contributed by atoms with Crippen molar-refractivity contribution in [2.75, 3.05) is 6.54 Å². The molecule has 0 radical (unpaired) electrons. The average molecular weight is 465 g/mol. The largest absolute Gasteiger partial charge is 0.489 e. The Kier molecular flexibility index (Phi) is 7.42. The minimum absolute atomic E-state index is 0.0812. The molecule has 1 amide bonds. The molecule has 0 aromatic heterocycles. The van der Waals surface area contributed by atoms with Gasteiger partial charge in [0.2, 0.25) is 15.9 Å². The van der Waals surface area contributed by atoms with Crippen LogP contribution in [0.25, 0.3) is 0 Å². The average Bonchev–Trinajstić information content (AvgIpc) is 3.06. The van der Waals surface area contributed by atoms with E-state index < -0.39 is 16.1 Å². The molecule has 4 rings (SSSR count). The molecule has 1 aliphatic heterocycles. The molecule has 0 spiro atoms. The summed E-state index contributed by atoms with van der Waals surface area (Å²) in [6.07, 6.45) is 2.11. The highest BCUT2D eigenvalue weighted by molar-refractivity contribution is 7.89. The second-order valence-electron chi connectivity index (χ2n) is 8.09. The van der Waals surface area contributed by atoms with Crippen LogP contribution in [-0.2, 0) is 28.0 Å². The second-order valence-corrected chi connectivity index (χ2v) is 9.98. The van der Waals surface area contributed by atoms with E-state index in [4.69, 9.17) is 4.74 Å². The fourth-order valence-corrected chi connectivity index (χ4v) is 5.57. The van der Waals surface area contributed by atoms with E-state index in [2.05, 4.69) is 5.32 Å². The highest BCUT2D eigenvalue weighted by Crippen LogP contribution is 2.26. The monoisotopic (exact) mass is 464 g/mol. The van der Waals surface area contributed by atoms with Crippen LogP contribution in [-0.4, -0.2) is 31.2 Å². The molecule has 7 heteroatoms. The van der Waals surface area contributed by atoms with Gasteiger partial charge in [-0.25, -0.2) is 8.42 Å². The van der Waals surface area contributed by atoms with Gasteiger partial charge >= 0.3 is 0 Å². The number of hydrogen-bond donors (Lipinski definition) is 1. The van der Waals surface area contributed by atoms with Crippen molar-refractivity contribution in [1.29, 1.82) is 0 Å². The lowest BCUT2D eigenvalue weighted by Gasteiger charge is -2.29. The molecule has 1 fully saturated rings. The first-order valence-electron chi connectivity index (χ1n) is 11.1. The van der Waals surface area contributed by atoms with E-state index in [1.54, 1.807) is 30.3 Å². The minimum Gasteiger partial charge on any atom is -0.489 e. The van der Waals surface area contributed by atoms with E-state index in [0.717, 1.165) is 24.0 Å². The summed E-state index contributed by atoms with van der Waals surface area (Å²) in [7, 11) is -3.88. The maximum atomic E-state index is 13.6. The molecule has 1 atom stereocenters. The lowest BCUT2D eigenvalue weighted by molar-refractivity contribution is -0.124. The summed E-state index contributed by atoms with van der Waals surface area (Å²) in [4.78, 5) is 13.0. The number of ether oxygens (including phenoxy) is 1. The van der Waals surface area contributed by atoms with Gasteiger partial charge in [-0.05, 0) is 54.7 Å². The highest BCUT2D eigenvalue weighted by atomic mass is 32.2. The predicted octanol–water partition coefficient (Wildman–Crippen LogP) is 4.13. The topological polar surface area (TPSA) is 75.7 Å². The first kappa shape index (κ1) is 23.0. The van der Waals surface area contributed by atoms with E-state index in [9.17, 15) is 13.2 Å². The van der Waals surface area contributed by atoms with Crippen LogP contribution in [0.2, 0.25) is 0 Å². The SMILES string of the molecule is O=C1NCCCCC1N(Cc1cccc(OCc2ccccc2)c1)S(=O)(=O)c1ccccc1. The van der Waals surface area contributed by atoms with Crippen molar-refractivity contribution >= 4 is 15.9 Å². The van der Waals surface area contributed by atoms with Gasteiger partial charge in [-0.1, -0.05) is 60.7 Å². The fourth-order valence-electron chi connectivity index (χ4n) is 3.94. The van der Waals surface area contributed by atoms with Crippen LogP contribution in [0.3, 0.4) is 0 Å². The van der Waals surface area contributed by atoms with Gasteiger partial charge in [-0.3, -0.25) is 4.79 Å². The number of carbonyl (C=O) groups excluding carboxylic acids is 1. The predicted molar refractivity (Wildman–Crippen MR) is 127 cm³/mol. The maximum Gasteiger partial charge on any atom is 0.244 e. The zero-order chi connectivity index (χ0) is 23.1. The number of benzene rings is 3. The molecule has 6 nitrogen and oxygen atoms in total. The van der Waals surface area contributed by atoms with Crippen LogP contribution in [0.15, 0.2) is 89.8 Å². The Morgan fingerprint density at radius 3 is 2.33 bits per heavy atom. The molecule has 0 saturated carbocycles. The number of carbonyl (C=O) groups is 1. The van der Waals surface area contributed by atoms with E-state index in [-0.39, 0.29) is 17.3 Å². The third kappa shape index (κ3) is 5.80. The summed E-state index contributed by atoms with van der Waals surface area (Å²) >= 11 is 0. The number of rotatable bonds is 8. The first-order chi connectivity index (χ1) is 16.0. The van der Waals surface area contributed by atoms with Crippen molar-refractivity contribution in [3.8, 4) is 5.75 Å². The molecule has 1 saturated heterocycles. The number of nitrogens with zero attached hydrogens (tertiary/aromatic N) is 1. The molecule has 1 N–H and O–H groups in total. The van der Waals surface area contributed by atoms with Gasteiger partial charge < -0.3 is 10.1 Å². The molecule has 0 bridgehead atoms. The maximum absolute atomic E-state index is 13.6. The standard InChI is InChI=1S/C26H28N2O4S/c29-26-25(16-7-8-17-27-26)28(33(30,31)24-14-5-2-6-15-24)19-22-12-9-13-23(18-22)32-20-21-10-3-1-4-11-21/h1-6,9-15,18,25H,7-8,16-17,19-20H2,(H,27,29). The van der Waals surface area contributed by atoms with Gasteiger partial charge in [0.25, 0.3) is 0 Å². The van der Waals surface area contributed by atoms with Gasteiger partial charge in [0.1, 0.15) is 18.4 Å². The van der Waals surface area contributed by atoms with Gasteiger partial charge in [0.15, 0.2) is 0 Å². The second kappa shape index (κ2) is 10.6. The summed E-state index contributed by atoms with van der Waals surface area (Å²) < 4.78 is 34.5. The Morgan fingerprint density at radius 1 is 0.879 bits per heavy atom. The van der Waals surface area contributed by atoms with Crippen LogP contribution >= 0.6 is 0 Å². The van der Waals surface area contributed by atoms with Crippen molar-refractivity contribution in [1.82, 2.24) is 9.62 Å². The van der Waals surface area contributed by atoms with Crippen molar-refractivity contribution in [3.63, 3.8) is 0 Å². The third-order valence-electron chi connectivity index (χ3n) is 5.69. The molecule has 1 unspecified atom stereocenters. The van der Waals surface area contributed by atoms with Crippen molar-refractivity contribution in [3.05, 3.63) is 96.1 Å². The molecule has 1 heterocycles. The fraction of sp³-hybridized carbons (Fsp3) is 0.269. The van der Waals surface area contributed by atoms with Gasteiger partial charge in [0, 0.05) is 13.1 Å². The summed E-state index contributed by atoms with van der Waals surface area (Å²) in [6, 6.07) is 24.8. The third-order valence-corrected chi connectivity index (χ3v) is 7.56. The normalized spacial score (nSPS) is 16.8. The van der Waals surface area contributed by atoms with Crippen LogP contribution in [0, 0.1) is 0 Å². The summed E-state index contributed by atoms with van der Waals surface area (Å²) in [5.74, 6) is 0.405. The highest BCUT2D eigenvalue weighted by Gasteiger charge is 2.36. The number of sulfonamides is 1. The number of nitrogens with one attached hydrogen (secondary N) is 1. The van der Waals surface area contributed by atoms with E-state index in [1.807, 2.05) is 54.6 Å². The van der Waals surface area contributed by atoms with Crippen molar-refractivity contribution in [2.24, 2.45) is 0 Å². The van der Waals surface area contributed by atoms with Crippen molar-refractivity contribution in [2.45, 2.75) is 43.4 Å². The molecule has 0 aliphatic carbocycles. The molecule has 1 aliphatic rings. The zero-order valence-electron chi connectivity index (χ0n) is 18.4. The lowest BCUT2D eigenvalue weighted by atomic mass is 10.1. The molecular formula is C26H28N2O4S. The molecule has 3 aromatic rings. The molecule has 172 valence electrons.